The Bertz CT molecular complexity index is 532. The Morgan fingerprint density at radius 1 is 1.18 bits per heavy atom. The lowest BCUT2D eigenvalue weighted by molar-refractivity contribution is -0.136. The van der Waals surface area contributed by atoms with Crippen molar-refractivity contribution in [2.24, 2.45) is 0 Å². The zero-order valence-electron chi connectivity index (χ0n) is 9.55. The van der Waals surface area contributed by atoms with Crippen LogP contribution in [0.2, 0.25) is 0 Å². The van der Waals surface area contributed by atoms with E-state index in [4.69, 9.17) is 5.11 Å². The van der Waals surface area contributed by atoms with Gasteiger partial charge in [-0.1, -0.05) is 24.3 Å². The summed E-state index contributed by atoms with van der Waals surface area (Å²) >= 11 is 0. The number of hydrogen-bond acceptors (Lipinski definition) is 2. The number of carbonyl (C=O) groups is 1. The van der Waals surface area contributed by atoms with Crippen molar-refractivity contribution in [3.63, 3.8) is 0 Å². The van der Waals surface area contributed by atoms with Gasteiger partial charge in [0.2, 0.25) is 0 Å². The van der Waals surface area contributed by atoms with E-state index >= 15 is 0 Å². The number of carboxylic acid groups (broad SMARTS) is 1. The van der Waals surface area contributed by atoms with Crippen LogP contribution >= 0.6 is 0 Å². The summed E-state index contributed by atoms with van der Waals surface area (Å²) in [7, 11) is 0. The molecule has 0 amide bonds. The maximum absolute atomic E-state index is 10.6. The molecule has 0 saturated heterocycles. The predicted molar refractivity (Wildman–Crippen MR) is 65.7 cm³/mol. The minimum atomic E-state index is -0.810. The molecule has 0 aliphatic heterocycles. The molecule has 2 rings (SSSR count). The molecule has 0 atom stereocenters. The highest BCUT2D eigenvalue weighted by molar-refractivity contribution is 5.71. The van der Waals surface area contributed by atoms with E-state index in [1.54, 1.807) is 6.20 Å². The van der Waals surface area contributed by atoms with E-state index in [0.717, 1.165) is 22.3 Å². The summed E-state index contributed by atoms with van der Waals surface area (Å²) in [5.41, 5.74) is 4.01. The first-order valence-corrected chi connectivity index (χ1v) is 5.38. The zero-order chi connectivity index (χ0) is 12.3. The number of nitrogens with zero attached hydrogens (tertiary/aromatic N) is 1. The Labute approximate surface area is 99.8 Å². The summed E-state index contributed by atoms with van der Waals surface area (Å²) < 4.78 is 0. The Kier molecular flexibility index (Phi) is 3.19. The SMILES string of the molecule is Cc1cncc(-c2ccc(CC(=O)O)cc2)c1. The topological polar surface area (TPSA) is 50.2 Å². The smallest absolute Gasteiger partial charge is 0.307 e. The molecule has 0 fully saturated rings. The van der Waals surface area contributed by atoms with Crippen LogP contribution in [0.4, 0.5) is 0 Å². The first-order valence-electron chi connectivity index (χ1n) is 5.38. The summed E-state index contributed by atoms with van der Waals surface area (Å²) in [6.07, 6.45) is 3.67. The third-order valence-electron chi connectivity index (χ3n) is 2.52. The van der Waals surface area contributed by atoms with Crippen molar-refractivity contribution in [1.82, 2.24) is 4.98 Å². The highest BCUT2D eigenvalue weighted by atomic mass is 16.4. The van der Waals surface area contributed by atoms with Gasteiger partial charge in [-0.05, 0) is 29.7 Å². The normalized spacial score (nSPS) is 10.2. The quantitative estimate of drug-likeness (QED) is 0.877. The first-order chi connectivity index (χ1) is 8.15. The van der Waals surface area contributed by atoms with Crippen molar-refractivity contribution in [2.45, 2.75) is 13.3 Å². The molecule has 0 radical (unpaired) electrons. The molecular weight excluding hydrogens is 214 g/mol. The average molecular weight is 227 g/mol. The molecule has 1 aromatic heterocycles. The van der Waals surface area contributed by atoms with Crippen LogP contribution < -0.4 is 0 Å². The molecule has 3 nitrogen and oxygen atoms in total. The zero-order valence-corrected chi connectivity index (χ0v) is 9.55. The van der Waals surface area contributed by atoms with Gasteiger partial charge in [-0.3, -0.25) is 9.78 Å². The molecule has 1 N–H and O–H groups in total. The molecule has 1 heterocycles. The molecular formula is C14H13NO2. The summed E-state index contributed by atoms with van der Waals surface area (Å²) in [6, 6.07) is 9.58. The van der Waals surface area contributed by atoms with Crippen LogP contribution in [-0.4, -0.2) is 16.1 Å². The second-order valence-corrected chi connectivity index (χ2v) is 4.02. The molecule has 0 saturated carbocycles. The number of aromatic nitrogens is 1. The molecule has 0 aliphatic carbocycles. The van der Waals surface area contributed by atoms with Crippen LogP contribution in [0, 0.1) is 6.92 Å². The Balaban J connectivity index is 2.26. The molecule has 2 aromatic rings. The minimum absolute atomic E-state index is 0.0619. The van der Waals surface area contributed by atoms with Gasteiger partial charge in [0.05, 0.1) is 6.42 Å². The Morgan fingerprint density at radius 3 is 2.47 bits per heavy atom. The van der Waals surface area contributed by atoms with Crippen LogP contribution in [0.1, 0.15) is 11.1 Å². The molecule has 3 heteroatoms. The van der Waals surface area contributed by atoms with Gasteiger partial charge in [0, 0.05) is 18.0 Å². The number of carboxylic acids is 1. The van der Waals surface area contributed by atoms with E-state index in [-0.39, 0.29) is 6.42 Å². The lowest BCUT2D eigenvalue weighted by Crippen LogP contribution is -1.99. The van der Waals surface area contributed by atoms with Gasteiger partial charge >= 0.3 is 5.97 Å². The highest BCUT2D eigenvalue weighted by Gasteiger charge is 2.02. The first kappa shape index (κ1) is 11.3. The Morgan fingerprint density at radius 2 is 1.88 bits per heavy atom. The number of aryl methyl sites for hydroxylation is 1. The lowest BCUT2D eigenvalue weighted by Gasteiger charge is -2.03. The summed E-state index contributed by atoms with van der Waals surface area (Å²) in [5, 5.41) is 8.68. The van der Waals surface area contributed by atoms with E-state index in [0.29, 0.717) is 0 Å². The predicted octanol–water partition coefficient (Wildman–Crippen LogP) is 2.68. The van der Waals surface area contributed by atoms with Crippen molar-refractivity contribution in [2.75, 3.05) is 0 Å². The van der Waals surface area contributed by atoms with Gasteiger partial charge in [0.15, 0.2) is 0 Å². The van der Waals surface area contributed by atoms with E-state index in [2.05, 4.69) is 11.1 Å². The standard InChI is InChI=1S/C14H13NO2/c1-10-6-13(9-15-8-10)12-4-2-11(3-5-12)7-14(16)17/h2-6,8-9H,7H2,1H3,(H,16,17). The van der Waals surface area contributed by atoms with Gasteiger partial charge in [-0.2, -0.15) is 0 Å². The van der Waals surface area contributed by atoms with Crippen LogP contribution in [-0.2, 0) is 11.2 Å². The fourth-order valence-electron chi connectivity index (χ4n) is 1.70. The van der Waals surface area contributed by atoms with Crippen LogP contribution in [0.15, 0.2) is 42.7 Å². The molecule has 0 unspecified atom stereocenters. The van der Waals surface area contributed by atoms with E-state index in [9.17, 15) is 4.79 Å². The van der Waals surface area contributed by atoms with Crippen molar-refractivity contribution in [1.29, 1.82) is 0 Å². The third kappa shape index (κ3) is 2.91. The fraction of sp³-hybridized carbons (Fsp3) is 0.143. The number of hydrogen-bond donors (Lipinski definition) is 1. The van der Waals surface area contributed by atoms with E-state index in [1.807, 2.05) is 37.4 Å². The minimum Gasteiger partial charge on any atom is -0.481 e. The van der Waals surface area contributed by atoms with Crippen LogP contribution in [0.3, 0.4) is 0 Å². The third-order valence-corrected chi connectivity index (χ3v) is 2.52. The van der Waals surface area contributed by atoms with Crippen molar-refractivity contribution in [3.8, 4) is 11.1 Å². The maximum atomic E-state index is 10.6. The summed E-state index contributed by atoms with van der Waals surface area (Å²) in [5.74, 6) is -0.810. The second kappa shape index (κ2) is 4.78. The highest BCUT2D eigenvalue weighted by Crippen LogP contribution is 2.19. The number of pyridine rings is 1. The van der Waals surface area contributed by atoms with Gasteiger partial charge in [0.25, 0.3) is 0 Å². The largest absolute Gasteiger partial charge is 0.481 e. The molecule has 0 spiro atoms. The average Bonchev–Trinajstić information content (AvgIpc) is 2.29. The lowest BCUT2D eigenvalue weighted by atomic mass is 10.0. The summed E-state index contributed by atoms with van der Waals surface area (Å²) in [6.45, 7) is 2.00. The van der Waals surface area contributed by atoms with Crippen LogP contribution in [0.25, 0.3) is 11.1 Å². The summed E-state index contributed by atoms with van der Waals surface area (Å²) in [4.78, 5) is 14.7. The van der Waals surface area contributed by atoms with Gasteiger partial charge in [-0.25, -0.2) is 0 Å². The fourth-order valence-corrected chi connectivity index (χ4v) is 1.70. The van der Waals surface area contributed by atoms with E-state index in [1.165, 1.54) is 0 Å². The number of rotatable bonds is 3. The van der Waals surface area contributed by atoms with Gasteiger partial charge in [0.1, 0.15) is 0 Å². The monoisotopic (exact) mass is 227 g/mol. The molecule has 17 heavy (non-hydrogen) atoms. The molecule has 1 aromatic carbocycles. The maximum Gasteiger partial charge on any atom is 0.307 e. The Hall–Kier alpha value is -2.16. The second-order valence-electron chi connectivity index (χ2n) is 4.02. The van der Waals surface area contributed by atoms with Crippen LogP contribution in [0.5, 0.6) is 0 Å². The van der Waals surface area contributed by atoms with E-state index < -0.39 is 5.97 Å². The molecule has 0 aliphatic rings. The van der Waals surface area contributed by atoms with Crippen molar-refractivity contribution < 1.29 is 9.90 Å². The van der Waals surface area contributed by atoms with Gasteiger partial charge in [-0.15, -0.1) is 0 Å². The molecule has 0 bridgehead atoms. The molecule has 86 valence electrons. The van der Waals surface area contributed by atoms with Crippen molar-refractivity contribution >= 4 is 5.97 Å². The number of aliphatic carboxylic acids is 1. The van der Waals surface area contributed by atoms with Gasteiger partial charge < -0.3 is 5.11 Å². The van der Waals surface area contributed by atoms with Crippen molar-refractivity contribution in [3.05, 3.63) is 53.9 Å². The number of benzene rings is 1.